The van der Waals surface area contributed by atoms with Crippen LogP contribution >= 0.6 is 0 Å². The molecule has 0 spiro atoms. The molecule has 0 unspecified atom stereocenters. The minimum atomic E-state index is -1.21. The first kappa shape index (κ1) is 36.6. The normalized spacial score (nSPS) is 13.3. The van der Waals surface area contributed by atoms with Crippen LogP contribution in [0.15, 0.2) is 0 Å². The van der Waals surface area contributed by atoms with Crippen molar-refractivity contribution in [3.8, 4) is 0 Å². The Hall–Kier alpha value is -2.81. The summed E-state index contributed by atoms with van der Waals surface area (Å²) in [5, 5.41) is 32.4. The molecule has 0 aliphatic rings. The number of carbonyl (C=O) groups excluding carboxylic acids is 1. The van der Waals surface area contributed by atoms with Gasteiger partial charge in [-0.3, -0.25) is 24.0 Å². The van der Waals surface area contributed by atoms with E-state index in [4.69, 9.17) is 37.6 Å². The number of nitrogens with two attached hydrogens (primary N) is 5. The highest BCUT2D eigenvalue weighted by atomic mass is 16.4. The monoisotopic (exact) mass is 469 g/mol. The van der Waals surface area contributed by atoms with Gasteiger partial charge in [0, 0.05) is 0 Å². The van der Waals surface area contributed by atoms with Gasteiger partial charge in [0.05, 0.1) is 13.0 Å². The zero-order valence-corrected chi connectivity index (χ0v) is 18.9. The van der Waals surface area contributed by atoms with Crippen molar-refractivity contribution in [3.05, 3.63) is 0 Å². The molecule has 0 aliphatic heterocycles. The van der Waals surface area contributed by atoms with Crippen LogP contribution in [0.3, 0.4) is 0 Å². The highest BCUT2D eigenvalue weighted by Gasteiger charge is 2.17. The summed E-state index contributed by atoms with van der Waals surface area (Å²) in [5.74, 6) is -4.28. The van der Waals surface area contributed by atoms with E-state index in [0.29, 0.717) is 12.3 Å². The van der Waals surface area contributed by atoms with Gasteiger partial charge in [-0.15, -0.1) is 0 Å². The molecule has 0 saturated heterocycles. The number of carboxylic acid groups (broad SMARTS) is 4. The number of hydrogen-bond acceptors (Lipinski definition) is 9. The van der Waals surface area contributed by atoms with Crippen molar-refractivity contribution in [2.45, 2.75) is 65.1 Å². The van der Waals surface area contributed by atoms with Gasteiger partial charge in [0.25, 0.3) is 0 Å². The lowest BCUT2D eigenvalue weighted by molar-refractivity contribution is -0.140. The number of hydrogen-bond donors (Lipinski definition) is 9. The summed E-state index contributed by atoms with van der Waals surface area (Å²) in [4.78, 5) is 49.4. The largest absolute Gasteiger partial charge is 0.480 e. The summed E-state index contributed by atoms with van der Waals surface area (Å²) in [5.41, 5.74) is 24.6. The van der Waals surface area contributed by atoms with E-state index in [1.54, 1.807) is 0 Å². The molecule has 0 fully saturated rings. The fourth-order valence-corrected chi connectivity index (χ4v) is 1.41. The summed E-state index contributed by atoms with van der Waals surface area (Å²) in [6.07, 6.45) is 1.05. The first-order valence-corrected chi connectivity index (χ1v) is 9.59. The molecule has 4 atom stereocenters. The maximum absolute atomic E-state index is 10.2. The maximum atomic E-state index is 10.2. The van der Waals surface area contributed by atoms with E-state index in [9.17, 15) is 24.0 Å². The topological polar surface area (TPSA) is 296 Å². The van der Waals surface area contributed by atoms with Crippen molar-refractivity contribution in [2.24, 2.45) is 40.5 Å². The van der Waals surface area contributed by atoms with Crippen LogP contribution in [0.1, 0.15) is 47.0 Å². The Balaban J connectivity index is -0.000000167. The lowest BCUT2D eigenvalue weighted by Gasteiger charge is -2.11. The lowest BCUT2D eigenvalue weighted by Crippen LogP contribution is -2.36. The average Bonchev–Trinajstić information content (AvgIpc) is 2.66. The minimum Gasteiger partial charge on any atom is -0.480 e. The molecule has 0 saturated carbocycles. The first-order chi connectivity index (χ1) is 14.4. The standard InChI is InChI=1S/2C6H13NO2.C4H8N2O3.C2H5NO2/c1-4(2)3-5(7)6(8)9;1-3-4(2)5(7)6(8)9;5-2(4(8)9)1-3(6)7;3-1-2(4)5/h2*4-5H,3,7H2,1-2H3,(H,8,9);2H,1,5H2,(H2,6,7)(H,8,9);1,3H2,(H,4,5)/t5-;4-,5-;2-;/m000./s1. The molecule has 190 valence electrons. The van der Waals surface area contributed by atoms with Gasteiger partial charge < -0.3 is 49.1 Å². The molecule has 0 aromatic carbocycles. The third-order valence-electron chi connectivity index (χ3n) is 3.50. The van der Waals surface area contributed by atoms with Crippen LogP contribution in [0.4, 0.5) is 0 Å². The molecule has 0 radical (unpaired) electrons. The molecular weight excluding hydrogens is 430 g/mol. The Morgan fingerprint density at radius 2 is 1.16 bits per heavy atom. The fraction of sp³-hybridized carbons (Fsp3) is 0.722. The van der Waals surface area contributed by atoms with Crippen LogP contribution in [0.2, 0.25) is 0 Å². The number of primary amides is 1. The quantitative estimate of drug-likeness (QED) is 0.170. The summed E-state index contributed by atoms with van der Waals surface area (Å²) in [6, 6.07) is -2.55. The molecule has 14 heteroatoms. The zero-order chi connectivity index (χ0) is 26.6. The predicted molar refractivity (Wildman–Crippen MR) is 116 cm³/mol. The van der Waals surface area contributed by atoms with Gasteiger partial charge in [0.15, 0.2) is 0 Å². The molecule has 1 amide bonds. The smallest absolute Gasteiger partial charge is 0.321 e. The van der Waals surface area contributed by atoms with E-state index < -0.39 is 47.9 Å². The molecule has 14 nitrogen and oxygen atoms in total. The van der Waals surface area contributed by atoms with E-state index in [0.717, 1.165) is 6.42 Å². The zero-order valence-electron chi connectivity index (χ0n) is 18.9. The average molecular weight is 470 g/mol. The highest BCUT2D eigenvalue weighted by Crippen LogP contribution is 2.04. The van der Waals surface area contributed by atoms with Crippen LogP contribution in [0.5, 0.6) is 0 Å². The molecule has 0 aromatic rings. The van der Waals surface area contributed by atoms with Gasteiger partial charge in [0.1, 0.15) is 18.1 Å². The second kappa shape index (κ2) is 21.4. The first-order valence-electron chi connectivity index (χ1n) is 9.59. The number of amides is 1. The molecule has 0 aromatic heterocycles. The highest BCUT2D eigenvalue weighted by molar-refractivity contribution is 5.83. The SMILES string of the molecule is CC(C)C[C@H](N)C(=O)O.CC[C@H](C)[C@H](N)C(=O)O.NC(=O)C[C@H](N)C(=O)O.NCC(=O)O. The Kier molecular flexibility index (Phi) is 24.5. The molecule has 32 heavy (non-hydrogen) atoms. The van der Waals surface area contributed by atoms with E-state index in [1.165, 1.54) is 0 Å². The molecule has 0 bridgehead atoms. The molecule has 14 N–H and O–H groups in total. The van der Waals surface area contributed by atoms with E-state index in [-0.39, 0.29) is 18.9 Å². The van der Waals surface area contributed by atoms with Crippen molar-refractivity contribution in [1.29, 1.82) is 0 Å². The van der Waals surface area contributed by atoms with Gasteiger partial charge in [-0.2, -0.15) is 0 Å². The van der Waals surface area contributed by atoms with E-state index >= 15 is 0 Å². The van der Waals surface area contributed by atoms with Gasteiger partial charge in [-0.05, 0) is 18.3 Å². The van der Waals surface area contributed by atoms with Gasteiger partial charge in [-0.1, -0.05) is 34.1 Å². The minimum absolute atomic E-state index is 0.0718. The number of aliphatic carboxylic acids is 4. The molecule has 0 aliphatic carbocycles. The van der Waals surface area contributed by atoms with Crippen molar-refractivity contribution in [2.75, 3.05) is 6.54 Å². The van der Waals surface area contributed by atoms with Crippen LogP contribution < -0.4 is 28.7 Å². The second-order valence-corrected chi connectivity index (χ2v) is 7.04. The summed E-state index contributed by atoms with van der Waals surface area (Å²) < 4.78 is 0. The third-order valence-corrected chi connectivity index (χ3v) is 3.50. The van der Waals surface area contributed by atoms with Crippen LogP contribution in [0.25, 0.3) is 0 Å². The van der Waals surface area contributed by atoms with Crippen molar-refractivity contribution < 1.29 is 44.4 Å². The molecule has 0 rings (SSSR count). The Morgan fingerprint density at radius 3 is 1.25 bits per heavy atom. The summed E-state index contributed by atoms with van der Waals surface area (Å²) >= 11 is 0. The Labute approximate surface area is 187 Å². The predicted octanol–water partition coefficient (Wildman–Crippen LogP) is -1.81. The van der Waals surface area contributed by atoms with Crippen molar-refractivity contribution >= 4 is 29.8 Å². The summed E-state index contributed by atoms with van der Waals surface area (Å²) in [7, 11) is 0. The van der Waals surface area contributed by atoms with Crippen LogP contribution in [0, 0.1) is 11.8 Å². The molecular formula is C18H39N5O9. The van der Waals surface area contributed by atoms with Gasteiger partial charge in [0.2, 0.25) is 5.91 Å². The third kappa shape index (κ3) is 29.4. The number of carboxylic acids is 4. The van der Waals surface area contributed by atoms with Gasteiger partial charge in [-0.25, -0.2) is 0 Å². The Morgan fingerprint density at radius 1 is 0.781 bits per heavy atom. The van der Waals surface area contributed by atoms with Crippen molar-refractivity contribution in [3.63, 3.8) is 0 Å². The van der Waals surface area contributed by atoms with Crippen molar-refractivity contribution in [1.82, 2.24) is 0 Å². The number of carbonyl (C=O) groups is 5. The maximum Gasteiger partial charge on any atom is 0.321 e. The molecule has 0 heterocycles. The van der Waals surface area contributed by atoms with Crippen LogP contribution in [-0.4, -0.2) is 74.9 Å². The van der Waals surface area contributed by atoms with E-state index in [1.807, 2.05) is 27.7 Å². The lowest BCUT2D eigenvalue weighted by atomic mass is 10.0. The Bertz CT molecular complexity index is 573. The van der Waals surface area contributed by atoms with E-state index in [2.05, 4.69) is 11.5 Å². The second-order valence-electron chi connectivity index (χ2n) is 7.04. The van der Waals surface area contributed by atoms with Gasteiger partial charge >= 0.3 is 23.9 Å². The fourth-order valence-electron chi connectivity index (χ4n) is 1.41. The number of rotatable bonds is 10. The summed E-state index contributed by atoms with van der Waals surface area (Å²) in [6.45, 7) is 7.37. The van der Waals surface area contributed by atoms with Crippen LogP contribution in [-0.2, 0) is 24.0 Å².